The number of amides is 1. The van der Waals surface area contributed by atoms with Crippen LogP contribution in [0.4, 0.5) is 0 Å². The molecule has 0 aliphatic carbocycles. The van der Waals surface area contributed by atoms with Crippen molar-refractivity contribution in [2.75, 3.05) is 26.2 Å². The first-order valence-electron chi connectivity index (χ1n) is 7.56. The van der Waals surface area contributed by atoms with Gasteiger partial charge in [-0.15, -0.1) is 0 Å². The maximum absolute atomic E-state index is 13.0. The number of carbonyl (C=O) groups is 1. The molecule has 2 aliphatic rings. The van der Waals surface area contributed by atoms with Crippen LogP contribution in [0, 0.1) is 18.8 Å². The van der Waals surface area contributed by atoms with E-state index in [1.54, 1.807) is 0 Å². The molecule has 3 rings (SSSR count). The number of nitrogens with zero attached hydrogens (tertiary/aromatic N) is 1. The van der Waals surface area contributed by atoms with Gasteiger partial charge in [0, 0.05) is 26.2 Å². The van der Waals surface area contributed by atoms with E-state index < -0.39 is 5.41 Å². The Kier molecular flexibility index (Phi) is 3.33. The maximum Gasteiger partial charge on any atom is 0.232 e. The fourth-order valence-corrected chi connectivity index (χ4v) is 3.81. The number of carbonyl (C=O) groups excluding carboxylic acids is 1. The number of hydrogen-bond acceptors (Lipinski definition) is 2. The molecule has 0 bridgehead atoms. The molecule has 2 aliphatic heterocycles. The van der Waals surface area contributed by atoms with E-state index in [9.17, 15) is 4.79 Å². The van der Waals surface area contributed by atoms with E-state index in [1.807, 2.05) is 12.1 Å². The summed E-state index contributed by atoms with van der Waals surface area (Å²) in [5.74, 6) is 1.60. The summed E-state index contributed by atoms with van der Waals surface area (Å²) in [4.78, 5) is 15.0. The van der Waals surface area contributed by atoms with Gasteiger partial charge in [-0.3, -0.25) is 4.79 Å². The number of benzene rings is 1. The third-order valence-corrected chi connectivity index (χ3v) is 5.03. The highest BCUT2D eigenvalue weighted by atomic mass is 16.2. The third-order valence-electron chi connectivity index (χ3n) is 5.03. The minimum atomic E-state index is -0.433. The van der Waals surface area contributed by atoms with Crippen molar-refractivity contribution >= 4 is 5.91 Å². The molecule has 0 unspecified atom stereocenters. The second kappa shape index (κ2) is 4.88. The Bertz CT molecular complexity index is 511. The van der Waals surface area contributed by atoms with E-state index in [-0.39, 0.29) is 5.91 Å². The number of fused-ring (bicyclic) bond motifs is 1. The summed E-state index contributed by atoms with van der Waals surface area (Å²) >= 11 is 0. The minimum Gasteiger partial charge on any atom is -0.341 e. The summed E-state index contributed by atoms with van der Waals surface area (Å²) in [6, 6.07) is 8.24. The Morgan fingerprint density at radius 3 is 2.40 bits per heavy atom. The van der Waals surface area contributed by atoms with Crippen LogP contribution in [0.2, 0.25) is 0 Å². The van der Waals surface area contributed by atoms with Gasteiger partial charge in [0.2, 0.25) is 5.91 Å². The van der Waals surface area contributed by atoms with E-state index in [0.29, 0.717) is 11.8 Å². The number of likely N-dealkylation sites (tertiary alicyclic amines) is 1. The van der Waals surface area contributed by atoms with Gasteiger partial charge >= 0.3 is 0 Å². The van der Waals surface area contributed by atoms with Crippen molar-refractivity contribution in [3.05, 3.63) is 35.4 Å². The molecule has 2 heterocycles. The molecule has 1 amide bonds. The topological polar surface area (TPSA) is 32.3 Å². The molecule has 0 spiro atoms. The minimum absolute atomic E-state index is 0.279. The zero-order valence-electron chi connectivity index (χ0n) is 12.6. The van der Waals surface area contributed by atoms with Crippen LogP contribution in [0.5, 0.6) is 0 Å². The first-order valence-corrected chi connectivity index (χ1v) is 7.56. The van der Waals surface area contributed by atoms with Gasteiger partial charge in [-0.2, -0.15) is 0 Å². The van der Waals surface area contributed by atoms with E-state index >= 15 is 0 Å². The number of rotatable bonds is 2. The number of nitrogens with one attached hydrogen (secondary N) is 1. The van der Waals surface area contributed by atoms with Crippen LogP contribution in [0.1, 0.15) is 25.0 Å². The molecule has 1 aromatic carbocycles. The Morgan fingerprint density at radius 1 is 1.20 bits per heavy atom. The average molecular weight is 272 g/mol. The summed E-state index contributed by atoms with van der Waals surface area (Å²) in [5, 5.41) is 3.43. The van der Waals surface area contributed by atoms with Gasteiger partial charge in [-0.25, -0.2) is 0 Å². The summed E-state index contributed by atoms with van der Waals surface area (Å²) in [6.45, 7) is 10.2. The van der Waals surface area contributed by atoms with Crippen molar-refractivity contribution in [2.24, 2.45) is 11.8 Å². The lowest BCUT2D eigenvalue weighted by molar-refractivity contribution is -0.135. The van der Waals surface area contributed by atoms with Crippen LogP contribution in [0.15, 0.2) is 24.3 Å². The highest BCUT2D eigenvalue weighted by Crippen LogP contribution is 2.33. The van der Waals surface area contributed by atoms with E-state index in [0.717, 1.165) is 31.7 Å². The zero-order chi connectivity index (χ0) is 14.3. The van der Waals surface area contributed by atoms with Crippen molar-refractivity contribution in [2.45, 2.75) is 26.2 Å². The van der Waals surface area contributed by atoms with Gasteiger partial charge in [-0.05, 0) is 43.7 Å². The van der Waals surface area contributed by atoms with E-state index in [4.69, 9.17) is 0 Å². The molecule has 1 N–H and O–H groups in total. The molecular formula is C17H24N2O. The maximum atomic E-state index is 13.0. The van der Waals surface area contributed by atoms with Gasteiger partial charge < -0.3 is 10.2 Å². The van der Waals surface area contributed by atoms with Crippen molar-refractivity contribution in [1.82, 2.24) is 10.2 Å². The molecule has 3 nitrogen and oxygen atoms in total. The van der Waals surface area contributed by atoms with Crippen LogP contribution >= 0.6 is 0 Å². The first kappa shape index (κ1) is 13.6. The van der Waals surface area contributed by atoms with E-state index in [2.05, 4.69) is 43.1 Å². The molecule has 0 aromatic heterocycles. The van der Waals surface area contributed by atoms with Gasteiger partial charge in [-0.1, -0.05) is 24.3 Å². The Hall–Kier alpha value is -1.35. The quantitative estimate of drug-likeness (QED) is 0.892. The lowest BCUT2D eigenvalue weighted by Gasteiger charge is -2.31. The molecule has 108 valence electrons. The molecule has 2 atom stereocenters. The highest BCUT2D eigenvalue weighted by Gasteiger charge is 2.42. The van der Waals surface area contributed by atoms with E-state index in [1.165, 1.54) is 5.56 Å². The molecular weight excluding hydrogens is 248 g/mol. The lowest BCUT2D eigenvalue weighted by atomic mass is 9.81. The fraction of sp³-hybridized carbons (Fsp3) is 0.588. The molecule has 2 fully saturated rings. The average Bonchev–Trinajstić information content (AvgIpc) is 2.98. The van der Waals surface area contributed by atoms with Crippen LogP contribution in [-0.4, -0.2) is 37.0 Å². The smallest absolute Gasteiger partial charge is 0.232 e. The lowest BCUT2D eigenvalue weighted by Crippen LogP contribution is -2.43. The van der Waals surface area contributed by atoms with Crippen molar-refractivity contribution in [1.29, 1.82) is 0 Å². The summed E-state index contributed by atoms with van der Waals surface area (Å²) in [6.07, 6.45) is 0. The van der Waals surface area contributed by atoms with Crippen molar-refractivity contribution in [3.8, 4) is 0 Å². The second-order valence-corrected chi connectivity index (χ2v) is 6.83. The third kappa shape index (κ3) is 2.14. The van der Waals surface area contributed by atoms with Crippen LogP contribution in [-0.2, 0) is 10.2 Å². The van der Waals surface area contributed by atoms with Crippen molar-refractivity contribution < 1.29 is 4.79 Å². The molecule has 20 heavy (non-hydrogen) atoms. The van der Waals surface area contributed by atoms with Gasteiger partial charge in [0.05, 0.1) is 5.41 Å². The summed E-state index contributed by atoms with van der Waals surface area (Å²) in [7, 11) is 0. The standard InChI is InChI=1S/C17H24N2O/c1-12-6-4-5-7-15(12)17(2,3)16(20)19-10-13-8-18-9-14(13)11-19/h4-7,13-14,18H,8-11H2,1-3H3/t13-,14+. The SMILES string of the molecule is Cc1ccccc1C(C)(C)C(=O)N1C[C@H]2CNC[C@H]2C1. The summed E-state index contributed by atoms with van der Waals surface area (Å²) < 4.78 is 0. The normalized spacial score (nSPS) is 25.9. The molecule has 1 aromatic rings. The van der Waals surface area contributed by atoms with Crippen LogP contribution in [0.25, 0.3) is 0 Å². The molecule has 0 radical (unpaired) electrons. The predicted molar refractivity (Wildman–Crippen MR) is 80.6 cm³/mol. The van der Waals surface area contributed by atoms with Crippen LogP contribution < -0.4 is 5.32 Å². The zero-order valence-corrected chi connectivity index (χ0v) is 12.6. The van der Waals surface area contributed by atoms with Gasteiger partial charge in [0.1, 0.15) is 0 Å². The molecule has 2 saturated heterocycles. The fourth-order valence-electron chi connectivity index (χ4n) is 3.81. The van der Waals surface area contributed by atoms with Crippen LogP contribution in [0.3, 0.4) is 0 Å². The van der Waals surface area contributed by atoms with Gasteiger partial charge in [0.15, 0.2) is 0 Å². The summed E-state index contributed by atoms with van der Waals surface area (Å²) in [5.41, 5.74) is 1.92. The second-order valence-electron chi connectivity index (χ2n) is 6.83. The van der Waals surface area contributed by atoms with Crippen molar-refractivity contribution in [3.63, 3.8) is 0 Å². The van der Waals surface area contributed by atoms with Gasteiger partial charge in [0.25, 0.3) is 0 Å². The Morgan fingerprint density at radius 2 is 1.80 bits per heavy atom. The molecule has 3 heteroatoms. The monoisotopic (exact) mass is 272 g/mol. The largest absolute Gasteiger partial charge is 0.341 e. The number of aryl methyl sites for hydroxylation is 1. The predicted octanol–water partition coefficient (Wildman–Crippen LogP) is 1.95. The Labute approximate surface area is 121 Å². The molecule has 0 saturated carbocycles. The number of hydrogen-bond donors (Lipinski definition) is 1. The first-order chi connectivity index (χ1) is 9.50. The highest BCUT2D eigenvalue weighted by molar-refractivity contribution is 5.88. The Balaban J connectivity index is 1.81.